The van der Waals surface area contributed by atoms with Crippen molar-refractivity contribution in [3.8, 4) is 0 Å². The molecule has 0 amide bonds. The fraction of sp³-hybridized carbons (Fsp3) is 0.300. The summed E-state index contributed by atoms with van der Waals surface area (Å²) in [4.78, 5) is 0. The van der Waals surface area contributed by atoms with Gasteiger partial charge in [0.25, 0.3) is 0 Å². The summed E-state index contributed by atoms with van der Waals surface area (Å²) in [6.07, 6.45) is 3.60. The molecule has 1 saturated heterocycles. The Morgan fingerprint density at radius 1 is 0.955 bits per heavy atom. The molecule has 114 valence electrons. The van der Waals surface area contributed by atoms with E-state index in [1.165, 1.54) is 24.0 Å². The van der Waals surface area contributed by atoms with Gasteiger partial charge in [-0.2, -0.15) is 0 Å². The molecule has 1 nitrogen and oxygen atoms in total. The maximum Gasteiger partial charge on any atom is 0.0839 e. The largest absolute Gasteiger partial charge is 0.378 e. The van der Waals surface area contributed by atoms with Gasteiger partial charge >= 0.3 is 0 Å². The minimum absolute atomic E-state index is 0.0251. The lowest BCUT2D eigenvalue weighted by Crippen LogP contribution is -2.47. The van der Waals surface area contributed by atoms with E-state index in [1.807, 2.05) is 0 Å². The summed E-state index contributed by atoms with van der Waals surface area (Å²) >= 11 is 0. The highest BCUT2D eigenvalue weighted by molar-refractivity contribution is 6.46. The highest BCUT2D eigenvalue weighted by Crippen LogP contribution is 2.42. The van der Waals surface area contributed by atoms with Crippen molar-refractivity contribution in [1.29, 1.82) is 0 Å². The van der Waals surface area contributed by atoms with Gasteiger partial charge in [0.1, 0.15) is 0 Å². The molecular formula is C20H24OSi. The standard InChI is InChI=1S/C20H24OSi/c1-2-22-20(15-9-10-16-21-20)19(17-11-5-3-6-12-17)18-13-7-4-8-14-18/h2-8,11-14,19H,1,9-10,15-16,22H2. The monoisotopic (exact) mass is 308 g/mol. The second-order valence-corrected chi connectivity index (χ2v) is 8.30. The van der Waals surface area contributed by atoms with Crippen LogP contribution in [0.2, 0.25) is 0 Å². The highest BCUT2D eigenvalue weighted by atomic mass is 28.2. The first-order valence-electron chi connectivity index (χ1n) is 8.20. The first kappa shape index (κ1) is 15.3. The predicted octanol–water partition coefficient (Wildman–Crippen LogP) is 4.03. The second-order valence-electron chi connectivity index (χ2n) is 6.12. The fourth-order valence-corrected chi connectivity index (χ4v) is 5.63. The normalized spacial score (nSPS) is 22.2. The lowest BCUT2D eigenvalue weighted by Gasteiger charge is -2.43. The average molecular weight is 308 g/mol. The molecule has 0 radical (unpaired) electrons. The first-order chi connectivity index (χ1) is 10.9. The summed E-state index contributed by atoms with van der Waals surface area (Å²) in [5.74, 6) is 0.319. The molecule has 0 spiro atoms. The van der Waals surface area contributed by atoms with Crippen LogP contribution in [0.15, 0.2) is 72.9 Å². The molecule has 2 aromatic carbocycles. The van der Waals surface area contributed by atoms with Gasteiger partial charge in [-0.3, -0.25) is 0 Å². The quantitative estimate of drug-likeness (QED) is 0.758. The van der Waals surface area contributed by atoms with Gasteiger partial charge in [0.05, 0.1) is 14.7 Å². The van der Waals surface area contributed by atoms with Gasteiger partial charge in [-0.15, -0.1) is 12.3 Å². The van der Waals surface area contributed by atoms with Gasteiger partial charge in [0.2, 0.25) is 0 Å². The van der Waals surface area contributed by atoms with Gasteiger partial charge in [-0.1, -0.05) is 60.7 Å². The van der Waals surface area contributed by atoms with Crippen LogP contribution in [-0.2, 0) is 4.74 Å². The van der Waals surface area contributed by atoms with Crippen molar-refractivity contribution in [2.75, 3.05) is 6.61 Å². The summed E-state index contributed by atoms with van der Waals surface area (Å²) in [6.45, 7) is 4.94. The molecule has 2 aromatic rings. The van der Waals surface area contributed by atoms with Gasteiger partial charge in [0, 0.05) is 12.5 Å². The van der Waals surface area contributed by atoms with Crippen LogP contribution in [0.25, 0.3) is 0 Å². The maximum absolute atomic E-state index is 6.47. The Kier molecular flexibility index (Phi) is 4.91. The molecule has 3 rings (SSSR count). The Hall–Kier alpha value is -1.64. The minimum atomic E-state index is -0.524. The molecule has 22 heavy (non-hydrogen) atoms. The van der Waals surface area contributed by atoms with Crippen molar-refractivity contribution in [2.24, 2.45) is 0 Å². The summed E-state index contributed by atoms with van der Waals surface area (Å²) in [5.41, 5.74) is 4.89. The summed E-state index contributed by atoms with van der Waals surface area (Å²) in [6, 6.07) is 21.7. The molecule has 0 bridgehead atoms. The van der Waals surface area contributed by atoms with Crippen molar-refractivity contribution in [3.05, 3.63) is 84.1 Å². The van der Waals surface area contributed by atoms with E-state index in [0.717, 1.165) is 13.0 Å². The Morgan fingerprint density at radius 3 is 2.00 bits per heavy atom. The molecule has 1 aliphatic rings. The van der Waals surface area contributed by atoms with E-state index in [0.29, 0.717) is 5.92 Å². The van der Waals surface area contributed by atoms with Gasteiger partial charge < -0.3 is 4.74 Å². The van der Waals surface area contributed by atoms with Crippen LogP contribution in [0.3, 0.4) is 0 Å². The van der Waals surface area contributed by atoms with Crippen LogP contribution < -0.4 is 0 Å². The molecule has 1 atom stereocenters. The minimum Gasteiger partial charge on any atom is -0.378 e. The van der Waals surface area contributed by atoms with E-state index in [1.54, 1.807) is 0 Å². The van der Waals surface area contributed by atoms with Gasteiger partial charge in [-0.25, -0.2) is 0 Å². The zero-order valence-electron chi connectivity index (χ0n) is 13.1. The lowest BCUT2D eigenvalue weighted by atomic mass is 9.83. The van der Waals surface area contributed by atoms with E-state index in [9.17, 15) is 0 Å². The third kappa shape index (κ3) is 3.08. The lowest BCUT2D eigenvalue weighted by molar-refractivity contribution is -0.0296. The molecule has 1 aliphatic heterocycles. The van der Waals surface area contributed by atoms with Crippen molar-refractivity contribution in [3.63, 3.8) is 0 Å². The number of hydrogen-bond donors (Lipinski definition) is 0. The van der Waals surface area contributed by atoms with Crippen molar-refractivity contribution >= 4 is 9.52 Å². The smallest absolute Gasteiger partial charge is 0.0839 e. The molecule has 0 N–H and O–H groups in total. The zero-order chi connectivity index (χ0) is 15.3. The van der Waals surface area contributed by atoms with Crippen molar-refractivity contribution in [2.45, 2.75) is 30.4 Å². The summed E-state index contributed by atoms with van der Waals surface area (Å²) in [5, 5.41) is -0.0251. The highest BCUT2D eigenvalue weighted by Gasteiger charge is 2.41. The number of hydrogen-bond acceptors (Lipinski definition) is 1. The van der Waals surface area contributed by atoms with E-state index >= 15 is 0 Å². The summed E-state index contributed by atoms with van der Waals surface area (Å²) < 4.78 is 6.47. The summed E-state index contributed by atoms with van der Waals surface area (Å²) in [7, 11) is -0.524. The first-order valence-corrected chi connectivity index (χ1v) is 9.73. The van der Waals surface area contributed by atoms with Crippen LogP contribution in [-0.4, -0.2) is 21.4 Å². The molecule has 1 heterocycles. The molecule has 0 aromatic heterocycles. The zero-order valence-corrected chi connectivity index (χ0v) is 14.5. The Morgan fingerprint density at radius 2 is 1.55 bits per heavy atom. The second kappa shape index (κ2) is 7.08. The Labute approximate surface area is 135 Å². The Balaban J connectivity index is 2.09. The van der Waals surface area contributed by atoms with E-state index in [2.05, 4.69) is 72.9 Å². The van der Waals surface area contributed by atoms with Gasteiger partial charge in [0.15, 0.2) is 0 Å². The molecule has 2 heteroatoms. The molecular weight excluding hydrogens is 284 g/mol. The van der Waals surface area contributed by atoms with Gasteiger partial charge in [-0.05, 0) is 30.4 Å². The topological polar surface area (TPSA) is 9.23 Å². The third-order valence-electron chi connectivity index (χ3n) is 4.67. The number of rotatable bonds is 5. The predicted molar refractivity (Wildman–Crippen MR) is 96.0 cm³/mol. The molecule has 0 aliphatic carbocycles. The number of benzene rings is 2. The average Bonchev–Trinajstić information content (AvgIpc) is 2.58. The fourth-order valence-electron chi connectivity index (χ4n) is 3.72. The maximum atomic E-state index is 6.47. The Bertz CT molecular complexity index is 548. The third-order valence-corrected chi connectivity index (χ3v) is 6.61. The van der Waals surface area contributed by atoms with E-state index in [4.69, 9.17) is 4.74 Å². The van der Waals surface area contributed by atoms with Crippen LogP contribution in [0.5, 0.6) is 0 Å². The van der Waals surface area contributed by atoms with Crippen LogP contribution in [0, 0.1) is 0 Å². The van der Waals surface area contributed by atoms with E-state index < -0.39 is 9.52 Å². The van der Waals surface area contributed by atoms with Crippen molar-refractivity contribution < 1.29 is 4.74 Å². The molecule has 0 saturated carbocycles. The molecule has 1 unspecified atom stereocenters. The van der Waals surface area contributed by atoms with Crippen molar-refractivity contribution in [1.82, 2.24) is 0 Å². The van der Waals surface area contributed by atoms with E-state index in [-0.39, 0.29) is 5.22 Å². The SMILES string of the molecule is C=C[SiH2]C1(C(c2ccccc2)c2ccccc2)CCCCO1. The van der Waals surface area contributed by atoms with Crippen LogP contribution in [0.1, 0.15) is 36.3 Å². The number of ether oxygens (including phenoxy) is 1. The molecule has 1 fully saturated rings. The van der Waals surface area contributed by atoms with Crippen LogP contribution >= 0.6 is 0 Å². The van der Waals surface area contributed by atoms with Crippen LogP contribution in [0.4, 0.5) is 0 Å².